The largest absolute Gasteiger partial charge is 0.327 e. The highest BCUT2D eigenvalue weighted by molar-refractivity contribution is 5.85. The van der Waals surface area contributed by atoms with Gasteiger partial charge in [-0.2, -0.15) is 5.10 Å². The van der Waals surface area contributed by atoms with Crippen LogP contribution in [0.5, 0.6) is 0 Å². The van der Waals surface area contributed by atoms with Gasteiger partial charge in [-0.05, 0) is 29.9 Å². The Labute approximate surface area is 157 Å². The Morgan fingerprint density at radius 1 is 1.24 bits per heavy atom. The summed E-state index contributed by atoms with van der Waals surface area (Å²) in [6.45, 7) is 12.1. The highest BCUT2D eigenvalue weighted by Crippen LogP contribution is 2.30. The fourth-order valence-corrected chi connectivity index (χ4v) is 3.60. The van der Waals surface area contributed by atoms with E-state index in [2.05, 4.69) is 63.1 Å². The number of likely N-dealkylation sites (tertiary alicyclic amines) is 1. The molecule has 1 aromatic heterocycles. The van der Waals surface area contributed by atoms with Crippen LogP contribution in [0.1, 0.15) is 51.3 Å². The van der Waals surface area contributed by atoms with E-state index in [1.807, 2.05) is 10.7 Å². The fourth-order valence-electron chi connectivity index (χ4n) is 3.60. The average molecular weight is 363 g/mol. The van der Waals surface area contributed by atoms with E-state index in [0.29, 0.717) is 12.0 Å². The SMILES string of the molecule is CC(C)c1nn(-c2ccccc2)cc1CN1CCC(N)C(C)(C)C1.Cl. The van der Waals surface area contributed by atoms with Gasteiger partial charge in [-0.25, -0.2) is 4.68 Å². The molecule has 4 nitrogen and oxygen atoms in total. The molecule has 2 aromatic rings. The Bertz CT molecular complexity index is 678. The molecule has 0 saturated carbocycles. The summed E-state index contributed by atoms with van der Waals surface area (Å²) >= 11 is 0. The van der Waals surface area contributed by atoms with Gasteiger partial charge in [-0.1, -0.05) is 45.9 Å². The van der Waals surface area contributed by atoms with Crippen molar-refractivity contribution in [2.24, 2.45) is 11.1 Å². The van der Waals surface area contributed by atoms with E-state index in [9.17, 15) is 0 Å². The molecule has 2 N–H and O–H groups in total. The molecule has 138 valence electrons. The second-order valence-corrected chi connectivity index (χ2v) is 8.07. The minimum atomic E-state index is 0. The first-order valence-electron chi connectivity index (χ1n) is 8.98. The average Bonchev–Trinajstić information content (AvgIpc) is 2.96. The van der Waals surface area contributed by atoms with Crippen molar-refractivity contribution < 1.29 is 0 Å². The van der Waals surface area contributed by atoms with E-state index in [1.165, 1.54) is 11.3 Å². The van der Waals surface area contributed by atoms with Crippen molar-refractivity contribution in [3.63, 3.8) is 0 Å². The lowest BCUT2D eigenvalue weighted by molar-refractivity contribution is 0.0896. The second-order valence-electron chi connectivity index (χ2n) is 8.07. The van der Waals surface area contributed by atoms with Crippen LogP contribution >= 0.6 is 12.4 Å². The molecule has 25 heavy (non-hydrogen) atoms. The molecule has 0 bridgehead atoms. The molecule has 0 radical (unpaired) electrons. The number of piperidine rings is 1. The van der Waals surface area contributed by atoms with Crippen LogP contribution in [-0.2, 0) is 6.54 Å². The van der Waals surface area contributed by atoms with Crippen LogP contribution in [0.2, 0.25) is 0 Å². The van der Waals surface area contributed by atoms with Crippen LogP contribution in [0.15, 0.2) is 36.5 Å². The molecule has 1 fully saturated rings. The van der Waals surface area contributed by atoms with E-state index in [1.54, 1.807) is 0 Å². The summed E-state index contributed by atoms with van der Waals surface area (Å²) in [5.41, 5.74) is 10.1. The van der Waals surface area contributed by atoms with Crippen molar-refractivity contribution in [2.45, 2.75) is 52.6 Å². The van der Waals surface area contributed by atoms with E-state index >= 15 is 0 Å². The summed E-state index contributed by atoms with van der Waals surface area (Å²) in [6, 6.07) is 10.6. The molecule has 1 atom stereocenters. The smallest absolute Gasteiger partial charge is 0.0699 e. The fraction of sp³-hybridized carbons (Fsp3) is 0.550. The van der Waals surface area contributed by atoms with Crippen LogP contribution in [0, 0.1) is 5.41 Å². The van der Waals surface area contributed by atoms with Gasteiger partial charge in [0.05, 0.1) is 11.4 Å². The Balaban J connectivity index is 0.00000225. The minimum absolute atomic E-state index is 0. The standard InChI is InChI=1S/C20H30N4.ClH/c1-15(2)19-16(12-23-11-10-18(21)20(3,4)14-23)13-24(22-19)17-8-6-5-7-9-17;/h5-9,13,15,18H,10-12,14,21H2,1-4H3;1H. The van der Waals surface area contributed by atoms with Crippen LogP contribution < -0.4 is 5.73 Å². The van der Waals surface area contributed by atoms with Crippen molar-refractivity contribution in [1.29, 1.82) is 0 Å². The van der Waals surface area contributed by atoms with Crippen molar-refractivity contribution in [2.75, 3.05) is 13.1 Å². The monoisotopic (exact) mass is 362 g/mol. The molecule has 1 unspecified atom stereocenters. The van der Waals surface area contributed by atoms with E-state index in [4.69, 9.17) is 10.8 Å². The summed E-state index contributed by atoms with van der Waals surface area (Å²) in [7, 11) is 0. The molecule has 5 heteroatoms. The molecule has 1 saturated heterocycles. The van der Waals surface area contributed by atoms with Gasteiger partial charge in [-0.3, -0.25) is 4.90 Å². The maximum absolute atomic E-state index is 6.28. The number of hydrogen-bond donors (Lipinski definition) is 1. The molecule has 1 aliphatic rings. The van der Waals surface area contributed by atoms with E-state index in [0.717, 1.165) is 31.7 Å². The normalized spacial score (nSPS) is 20.5. The Kier molecular flexibility index (Phi) is 6.30. The number of nitrogens with two attached hydrogens (primary N) is 1. The van der Waals surface area contributed by atoms with Gasteiger partial charge in [0, 0.05) is 37.4 Å². The maximum Gasteiger partial charge on any atom is 0.0699 e. The zero-order valence-corrected chi connectivity index (χ0v) is 16.6. The van der Waals surface area contributed by atoms with Crippen molar-refractivity contribution in [3.05, 3.63) is 47.8 Å². The lowest BCUT2D eigenvalue weighted by atomic mass is 9.79. The van der Waals surface area contributed by atoms with E-state index < -0.39 is 0 Å². The summed E-state index contributed by atoms with van der Waals surface area (Å²) in [4.78, 5) is 2.53. The number of halogens is 1. The van der Waals surface area contributed by atoms with Gasteiger partial charge >= 0.3 is 0 Å². The minimum Gasteiger partial charge on any atom is -0.327 e. The number of aromatic nitrogens is 2. The number of rotatable bonds is 4. The first-order valence-corrected chi connectivity index (χ1v) is 8.98. The van der Waals surface area contributed by atoms with Crippen LogP contribution in [0.3, 0.4) is 0 Å². The van der Waals surface area contributed by atoms with Gasteiger partial charge in [0.25, 0.3) is 0 Å². The predicted molar refractivity (Wildman–Crippen MR) is 107 cm³/mol. The molecule has 2 heterocycles. The van der Waals surface area contributed by atoms with Gasteiger partial charge in [-0.15, -0.1) is 12.4 Å². The summed E-state index contributed by atoms with van der Waals surface area (Å²) < 4.78 is 2.02. The van der Waals surface area contributed by atoms with Gasteiger partial charge in [0.2, 0.25) is 0 Å². The van der Waals surface area contributed by atoms with Crippen molar-refractivity contribution >= 4 is 12.4 Å². The van der Waals surface area contributed by atoms with Crippen LogP contribution in [-0.4, -0.2) is 33.8 Å². The lowest BCUT2D eigenvalue weighted by Gasteiger charge is -2.42. The third-order valence-corrected chi connectivity index (χ3v) is 5.18. The Morgan fingerprint density at radius 2 is 1.92 bits per heavy atom. The second kappa shape index (κ2) is 7.90. The van der Waals surface area contributed by atoms with Gasteiger partial charge in [0.1, 0.15) is 0 Å². The molecular formula is C20H31ClN4. The summed E-state index contributed by atoms with van der Waals surface area (Å²) in [6.07, 6.45) is 3.27. The molecule has 0 amide bonds. The number of hydrogen-bond acceptors (Lipinski definition) is 3. The molecule has 3 rings (SSSR count). The van der Waals surface area contributed by atoms with E-state index in [-0.39, 0.29) is 17.8 Å². The third-order valence-electron chi connectivity index (χ3n) is 5.18. The molecule has 0 aliphatic carbocycles. The van der Waals surface area contributed by atoms with Crippen LogP contribution in [0.4, 0.5) is 0 Å². The quantitative estimate of drug-likeness (QED) is 0.894. The Hall–Kier alpha value is -1.36. The molecule has 0 spiro atoms. The number of para-hydroxylation sites is 1. The number of benzene rings is 1. The third kappa shape index (κ3) is 4.43. The highest BCUT2D eigenvalue weighted by Gasteiger charge is 2.33. The summed E-state index contributed by atoms with van der Waals surface area (Å²) in [5.74, 6) is 0.421. The van der Waals surface area contributed by atoms with Gasteiger partial charge in [0.15, 0.2) is 0 Å². The summed E-state index contributed by atoms with van der Waals surface area (Å²) in [5, 5.41) is 4.86. The van der Waals surface area contributed by atoms with Gasteiger partial charge < -0.3 is 5.73 Å². The zero-order valence-electron chi connectivity index (χ0n) is 15.8. The topological polar surface area (TPSA) is 47.1 Å². The maximum atomic E-state index is 6.28. The Morgan fingerprint density at radius 3 is 2.52 bits per heavy atom. The van der Waals surface area contributed by atoms with Crippen molar-refractivity contribution in [1.82, 2.24) is 14.7 Å². The molecule has 1 aromatic carbocycles. The molecular weight excluding hydrogens is 332 g/mol. The number of nitrogens with zero attached hydrogens (tertiary/aromatic N) is 3. The zero-order chi connectivity index (χ0) is 17.3. The van der Waals surface area contributed by atoms with Crippen molar-refractivity contribution in [3.8, 4) is 5.69 Å². The first kappa shape index (κ1) is 20.0. The predicted octanol–water partition coefficient (Wildman–Crippen LogP) is 3.98. The molecule has 1 aliphatic heterocycles. The lowest BCUT2D eigenvalue weighted by Crippen LogP contribution is -2.52. The first-order chi connectivity index (χ1) is 11.4. The highest BCUT2D eigenvalue weighted by atomic mass is 35.5. The van der Waals surface area contributed by atoms with Crippen LogP contribution in [0.25, 0.3) is 5.69 Å².